The van der Waals surface area contributed by atoms with Crippen LogP contribution in [0.5, 0.6) is 0 Å². The molecule has 4 rings (SSSR count). The largest absolute Gasteiger partial charge is 0.383 e. The first-order valence-corrected chi connectivity index (χ1v) is 11.1. The molecule has 0 radical (unpaired) electrons. The maximum atomic E-state index is 9.79. The van der Waals surface area contributed by atoms with Crippen LogP contribution in [0.2, 0.25) is 0 Å². The van der Waals surface area contributed by atoms with E-state index in [4.69, 9.17) is 5.73 Å². The van der Waals surface area contributed by atoms with Crippen molar-refractivity contribution in [2.75, 3.05) is 17.2 Å². The number of fused-ring (bicyclic) bond motifs is 2. The Bertz CT molecular complexity index is 1280. The van der Waals surface area contributed by atoms with Crippen LogP contribution in [0, 0.1) is 29.6 Å². The normalized spacial score (nSPS) is 20.1. The number of nitrogen functional groups attached to an aromatic ring is 1. The van der Waals surface area contributed by atoms with Crippen molar-refractivity contribution < 1.29 is 0 Å². The molecule has 5 heteroatoms. The molecule has 1 aromatic carbocycles. The lowest BCUT2D eigenvalue weighted by Gasteiger charge is -2.47. The lowest BCUT2D eigenvalue weighted by atomic mass is 9.79. The van der Waals surface area contributed by atoms with E-state index < -0.39 is 0 Å². The summed E-state index contributed by atoms with van der Waals surface area (Å²) in [5.74, 6) is 0.632. The van der Waals surface area contributed by atoms with Gasteiger partial charge in [0.05, 0.1) is 16.8 Å². The number of hydrogen-bond donors (Lipinski definition) is 1. The maximum absolute atomic E-state index is 9.79. The predicted molar refractivity (Wildman–Crippen MR) is 131 cm³/mol. The Hall–Kier alpha value is -3.57. The van der Waals surface area contributed by atoms with Crippen LogP contribution in [-0.4, -0.2) is 17.1 Å². The zero-order chi connectivity index (χ0) is 23.4. The van der Waals surface area contributed by atoms with E-state index in [9.17, 15) is 10.5 Å². The van der Waals surface area contributed by atoms with Gasteiger partial charge in [0.2, 0.25) is 0 Å². The fraction of sp³-hybridized carbons (Fsp3) is 0.370. The molecule has 0 saturated carbocycles. The Morgan fingerprint density at radius 2 is 1.97 bits per heavy atom. The molecule has 2 aliphatic rings. The Kier molecular flexibility index (Phi) is 5.10. The average molecular weight is 424 g/mol. The first-order valence-electron chi connectivity index (χ1n) is 11.1. The highest BCUT2D eigenvalue weighted by atomic mass is 15.2. The van der Waals surface area contributed by atoms with Crippen LogP contribution < -0.4 is 10.6 Å². The van der Waals surface area contributed by atoms with Gasteiger partial charge in [-0.15, -0.1) is 0 Å². The van der Waals surface area contributed by atoms with E-state index in [1.165, 1.54) is 11.3 Å². The monoisotopic (exact) mass is 423 g/mol. The van der Waals surface area contributed by atoms with Gasteiger partial charge in [0.25, 0.3) is 0 Å². The third kappa shape index (κ3) is 3.09. The number of rotatable bonds is 2. The van der Waals surface area contributed by atoms with E-state index in [0.29, 0.717) is 22.7 Å². The molecule has 5 nitrogen and oxygen atoms in total. The quantitative estimate of drug-likeness (QED) is 0.658. The number of nitrogens with zero attached hydrogens (tertiary/aromatic N) is 4. The zero-order valence-electron chi connectivity index (χ0n) is 19.7. The van der Waals surface area contributed by atoms with E-state index in [1.54, 1.807) is 0 Å². The van der Waals surface area contributed by atoms with Gasteiger partial charge < -0.3 is 10.6 Å². The standard InChI is InChI=1S/C27H29N5/c1-7-32-23-9-8-18(10-19(23)15(2)12-27(32,5)6)11-20-16(3)21(13-28)25-24(20)17(4)22(14-29)26(30)31-25/h8-11,15H,7,12H2,1-6H3,(H2,30,31)/b20-11-/t15-/m0/s1. The molecule has 0 saturated heterocycles. The molecule has 0 spiro atoms. The van der Waals surface area contributed by atoms with Crippen molar-refractivity contribution in [3.63, 3.8) is 0 Å². The smallest absolute Gasteiger partial charge is 0.142 e. The summed E-state index contributed by atoms with van der Waals surface area (Å²) in [5, 5.41) is 19.4. The summed E-state index contributed by atoms with van der Waals surface area (Å²) < 4.78 is 0. The first-order chi connectivity index (χ1) is 15.1. The molecule has 0 amide bonds. The minimum atomic E-state index is 0.128. The number of allylic oxidation sites excluding steroid dienone is 3. The van der Waals surface area contributed by atoms with Crippen LogP contribution in [0.15, 0.2) is 23.8 Å². The summed E-state index contributed by atoms with van der Waals surface area (Å²) in [4.78, 5) is 6.91. The van der Waals surface area contributed by atoms with E-state index in [1.807, 2.05) is 13.8 Å². The lowest BCUT2D eigenvalue weighted by molar-refractivity contribution is 0.381. The summed E-state index contributed by atoms with van der Waals surface area (Å²) >= 11 is 0. The Balaban J connectivity index is 1.90. The first kappa shape index (κ1) is 21.7. The lowest BCUT2D eigenvalue weighted by Crippen LogP contribution is -2.48. The number of aromatic nitrogens is 1. The summed E-state index contributed by atoms with van der Waals surface area (Å²) in [6.45, 7) is 13.9. The van der Waals surface area contributed by atoms with E-state index in [2.05, 4.69) is 74.0 Å². The molecule has 32 heavy (non-hydrogen) atoms. The van der Waals surface area contributed by atoms with Crippen molar-refractivity contribution in [3.05, 3.63) is 57.3 Å². The fourth-order valence-electron chi connectivity index (χ4n) is 5.56. The molecule has 2 aromatic rings. The molecule has 1 aromatic heterocycles. The van der Waals surface area contributed by atoms with Crippen LogP contribution in [0.3, 0.4) is 0 Å². The zero-order valence-corrected chi connectivity index (χ0v) is 19.7. The van der Waals surface area contributed by atoms with Crippen molar-refractivity contribution in [3.8, 4) is 12.1 Å². The topological polar surface area (TPSA) is 89.7 Å². The Labute approximate surface area is 190 Å². The van der Waals surface area contributed by atoms with Gasteiger partial charge in [0.15, 0.2) is 0 Å². The summed E-state index contributed by atoms with van der Waals surface area (Å²) in [6, 6.07) is 11.1. The molecule has 0 bridgehead atoms. The predicted octanol–water partition coefficient (Wildman–Crippen LogP) is 5.81. The minimum Gasteiger partial charge on any atom is -0.383 e. The van der Waals surface area contributed by atoms with Crippen LogP contribution in [0.1, 0.15) is 80.5 Å². The highest BCUT2D eigenvalue weighted by molar-refractivity contribution is 6.08. The summed E-state index contributed by atoms with van der Waals surface area (Å²) in [6.07, 6.45) is 3.22. The van der Waals surface area contributed by atoms with Crippen LogP contribution in [-0.2, 0) is 0 Å². The second kappa shape index (κ2) is 7.53. The van der Waals surface area contributed by atoms with Crippen molar-refractivity contribution in [2.24, 2.45) is 0 Å². The van der Waals surface area contributed by atoms with Gasteiger partial charge in [0, 0.05) is 23.3 Å². The second-order valence-electron chi connectivity index (χ2n) is 9.48. The number of anilines is 2. The van der Waals surface area contributed by atoms with Gasteiger partial charge >= 0.3 is 0 Å². The molecule has 0 unspecified atom stereocenters. The van der Waals surface area contributed by atoms with Crippen LogP contribution >= 0.6 is 0 Å². The molecule has 1 aliphatic heterocycles. The number of nitrogens with two attached hydrogens (primary N) is 1. The minimum absolute atomic E-state index is 0.128. The van der Waals surface area contributed by atoms with Crippen LogP contribution in [0.25, 0.3) is 17.2 Å². The van der Waals surface area contributed by atoms with Crippen LogP contribution in [0.4, 0.5) is 11.5 Å². The third-order valence-corrected chi connectivity index (χ3v) is 7.02. The van der Waals surface area contributed by atoms with Crippen molar-refractivity contribution in [1.29, 1.82) is 10.5 Å². The SMILES string of the molecule is CCN1c2ccc(/C=C3/C(C)=C(C#N)c4nc(N)c(C#N)c(C)c43)cc2[C@@H](C)CC1(C)C. The van der Waals surface area contributed by atoms with Crippen molar-refractivity contribution >= 4 is 28.7 Å². The highest BCUT2D eigenvalue weighted by Crippen LogP contribution is 2.46. The average Bonchev–Trinajstić information content (AvgIpc) is 2.99. The molecule has 0 fully saturated rings. The van der Waals surface area contributed by atoms with E-state index >= 15 is 0 Å². The van der Waals surface area contributed by atoms with Gasteiger partial charge in [0.1, 0.15) is 18.0 Å². The molecule has 1 aliphatic carbocycles. The van der Waals surface area contributed by atoms with Gasteiger partial charge in [-0.25, -0.2) is 4.98 Å². The Morgan fingerprint density at radius 1 is 1.25 bits per heavy atom. The summed E-state index contributed by atoms with van der Waals surface area (Å²) in [5.41, 5.74) is 14.8. The molecule has 2 N–H and O–H groups in total. The third-order valence-electron chi connectivity index (χ3n) is 7.02. The Morgan fingerprint density at radius 3 is 2.59 bits per heavy atom. The van der Waals surface area contributed by atoms with E-state index in [-0.39, 0.29) is 11.4 Å². The van der Waals surface area contributed by atoms with Crippen molar-refractivity contribution in [2.45, 2.75) is 59.4 Å². The number of benzene rings is 1. The van der Waals surface area contributed by atoms with Gasteiger partial charge in [-0.05, 0) is 93.0 Å². The summed E-state index contributed by atoms with van der Waals surface area (Å²) in [7, 11) is 0. The fourth-order valence-corrected chi connectivity index (χ4v) is 5.56. The molecule has 162 valence electrons. The maximum Gasteiger partial charge on any atom is 0.142 e. The molecule has 1 atom stereocenters. The highest BCUT2D eigenvalue weighted by Gasteiger charge is 2.35. The molecule has 2 heterocycles. The van der Waals surface area contributed by atoms with Gasteiger partial charge in [-0.1, -0.05) is 13.0 Å². The van der Waals surface area contributed by atoms with Gasteiger partial charge in [-0.3, -0.25) is 0 Å². The number of pyridine rings is 1. The number of nitriles is 2. The molecular weight excluding hydrogens is 394 g/mol. The number of hydrogen-bond acceptors (Lipinski definition) is 5. The van der Waals surface area contributed by atoms with Gasteiger partial charge in [-0.2, -0.15) is 10.5 Å². The molecular formula is C27H29N5. The second-order valence-corrected chi connectivity index (χ2v) is 9.48. The van der Waals surface area contributed by atoms with Crippen molar-refractivity contribution in [1.82, 2.24) is 4.98 Å². The van der Waals surface area contributed by atoms with E-state index in [0.717, 1.165) is 40.8 Å².